The number of rotatable bonds is 21. The number of ether oxygens (including phenoxy) is 1. The molecule has 3 aromatic carbocycles. The lowest BCUT2D eigenvalue weighted by Gasteiger charge is -2.34. The highest BCUT2D eigenvalue weighted by Gasteiger charge is 2.25. The molecule has 0 spiro atoms. The predicted octanol–water partition coefficient (Wildman–Crippen LogP) is 7.44. The molecule has 6 heterocycles. The average molecular weight is 1220 g/mol. The summed E-state index contributed by atoms with van der Waals surface area (Å²) < 4.78 is 5.10. The first-order valence-corrected chi connectivity index (χ1v) is 29.7. The number of aliphatic hydroxyl groups is 3. The molecular weight excluding hydrogens is 1140 g/mol. The number of aromatic nitrogens is 4. The monoisotopic (exact) mass is 1220 g/mol. The minimum atomic E-state index is -1.00. The second-order valence-electron chi connectivity index (χ2n) is 21.7. The van der Waals surface area contributed by atoms with Gasteiger partial charge >= 0.3 is 6.09 Å². The number of aliphatic hydroxyl groups excluding tert-OH is 3. The highest BCUT2D eigenvalue weighted by Crippen LogP contribution is 2.37. The number of carbonyl (C=O) groups is 5. The van der Waals surface area contributed by atoms with Crippen molar-refractivity contribution in [3.63, 3.8) is 0 Å². The molecule has 1 fully saturated rings. The van der Waals surface area contributed by atoms with Crippen molar-refractivity contribution >= 4 is 68.5 Å². The molecule has 1 aliphatic rings. The van der Waals surface area contributed by atoms with Crippen LogP contribution in [0.3, 0.4) is 0 Å². The Labute approximate surface area is 515 Å². The SMILES string of the molecule is CC(C)(C)OC(=O)NCC(O)c1ccc(C(=O)NCc2ccccc2)cn1.CCCc1cc(N2CCC(NCC(O)c3ccc(C(=O)Nc4ccccc4)cn3)CC2)nc2sc(C(N)=O)c(N)c12.NCC(O)c1ccc(C(=O)NCc2ccccc2)cn1. The minimum absolute atomic E-state index is 0.0402. The molecule has 3 atom stereocenters. The van der Waals surface area contributed by atoms with E-state index in [1.165, 1.54) is 29.9 Å². The predicted molar refractivity (Wildman–Crippen MR) is 340 cm³/mol. The van der Waals surface area contributed by atoms with Crippen LogP contribution >= 0.6 is 11.3 Å². The topological polar surface area (TPSA) is 348 Å². The van der Waals surface area contributed by atoms with Crippen molar-refractivity contribution in [2.75, 3.05) is 48.7 Å². The number of carbonyl (C=O) groups excluding carboxylic acids is 5. The molecule has 14 N–H and O–H groups in total. The highest BCUT2D eigenvalue weighted by molar-refractivity contribution is 7.21. The Balaban J connectivity index is 0.000000203. The molecule has 22 nitrogen and oxygen atoms in total. The van der Waals surface area contributed by atoms with E-state index in [4.69, 9.17) is 26.9 Å². The summed E-state index contributed by atoms with van der Waals surface area (Å²) in [5.41, 5.74) is 23.4. The number of hydrogen-bond acceptors (Lipinski definition) is 18. The van der Waals surface area contributed by atoms with E-state index in [1.54, 1.807) is 57.2 Å². The van der Waals surface area contributed by atoms with E-state index in [1.807, 2.05) is 91.0 Å². The van der Waals surface area contributed by atoms with Gasteiger partial charge in [0.25, 0.3) is 23.6 Å². The molecule has 5 amide bonds. The van der Waals surface area contributed by atoms with Crippen molar-refractivity contribution in [3.05, 3.63) is 207 Å². The minimum Gasteiger partial charge on any atom is -0.444 e. The third-order valence-electron chi connectivity index (χ3n) is 13.8. The Morgan fingerprint density at radius 3 is 1.62 bits per heavy atom. The number of piperidine rings is 1. The van der Waals surface area contributed by atoms with E-state index >= 15 is 0 Å². The lowest BCUT2D eigenvalue weighted by Crippen LogP contribution is -2.44. The van der Waals surface area contributed by atoms with Gasteiger partial charge in [0.15, 0.2) is 0 Å². The second-order valence-corrected chi connectivity index (χ2v) is 22.7. The number of nitrogens with one attached hydrogen (secondary N) is 5. The number of fused-ring (bicyclic) bond motifs is 1. The Morgan fingerprint density at radius 1 is 0.670 bits per heavy atom. The number of thiophene rings is 1. The van der Waals surface area contributed by atoms with Crippen molar-refractivity contribution in [2.24, 2.45) is 11.5 Å². The Hall–Kier alpha value is -9.23. The third-order valence-corrected chi connectivity index (χ3v) is 14.9. The maximum Gasteiger partial charge on any atom is 0.407 e. The van der Waals surface area contributed by atoms with Gasteiger partial charge in [-0.15, -0.1) is 11.3 Å². The quantitative estimate of drug-likeness (QED) is 0.0333. The molecule has 88 heavy (non-hydrogen) atoms. The molecule has 0 bridgehead atoms. The molecule has 1 aliphatic heterocycles. The highest BCUT2D eigenvalue weighted by atomic mass is 32.1. The maximum atomic E-state index is 12.5. The third kappa shape index (κ3) is 19.9. The van der Waals surface area contributed by atoms with E-state index in [2.05, 4.69) is 59.4 Å². The second kappa shape index (κ2) is 32.5. The van der Waals surface area contributed by atoms with Gasteiger partial charge in [-0.1, -0.05) is 92.2 Å². The van der Waals surface area contributed by atoms with Gasteiger partial charge in [0, 0.05) is 75.0 Å². The largest absolute Gasteiger partial charge is 0.444 e. The maximum absolute atomic E-state index is 12.5. The number of aryl methyl sites for hydroxylation is 1. The Bertz CT molecular complexity index is 3530. The van der Waals surface area contributed by atoms with Gasteiger partial charge in [0.05, 0.1) is 46.0 Å². The van der Waals surface area contributed by atoms with Crippen LogP contribution in [-0.4, -0.2) is 109 Å². The fourth-order valence-electron chi connectivity index (χ4n) is 9.11. The zero-order valence-corrected chi connectivity index (χ0v) is 50.5. The summed E-state index contributed by atoms with van der Waals surface area (Å²) in [4.78, 5) is 80.7. The molecule has 0 aliphatic carbocycles. The molecule has 23 heteroatoms. The molecule has 5 aromatic heterocycles. The number of amides is 5. The van der Waals surface area contributed by atoms with E-state index in [-0.39, 0.29) is 36.9 Å². The number of primary amides is 1. The van der Waals surface area contributed by atoms with Crippen LogP contribution < -0.4 is 48.7 Å². The Kier molecular flexibility index (Phi) is 24.5. The number of alkyl carbamates (subject to hydrolysis) is 1. The van der Waals surface area contributed by atoms with Crippen LogP contribution in [-0.2, 0) is 24.2 Å². The summed E-state index contributed by atoms with van der Waals surface area (Å²) in [5, 5.41) is 45.6. The normalized spacial score (nSPS) is 13.3. The van der Waals surface area contributed by atoms with Gasteiger partial charge in [-0.05, 0) is 111 Å². The fourth-order valence-corrected chi connectivity index (χ4v) is 10.1. The van der Waals surface area contributed by atoms with Crippen molar-refractivity contribution in [3.8, 4) is 0 Å². The van der Waals surface area contributed by atoms with Gasteiger partial charge in [-0.2, -0.15) is 0 Å². The molecule has 9 rings (SSSR count). The number of nitrogens with zero attached hydrogens (tertiary/aromatic N) is 5. The molecule has 462 valence electrons. The smallest absolute Gasteiger partial charge is 0.407 e. The molecule has 3 unspecified atom stereocenters. The van der Waals surface area contributed by atoms with Crippen molar-refractivity contribution in [1.29, 1.82) is 0 Å². The van der Waals surface area contributed by atoms with Crippen molar-refractivity contribution in [1.82, 2.24) is 41.2 Å². The van der Waals surface area contributed by atoms with Crippen LogP contribution in [0.2, 0.25) is 0 Å². The van der Waals surface area contributed by atoms with Crippen LogP contribution in [0.5, 0.6) is 0 Å². The van der Waals surface area contributed by atoms with Gasteiger partial charge in [0.1, 0.15) is 39.4 Å². The van der Waals surface area contributed by atoms with E-state index in [0.29, 0.717) is 69.7 Å². The van der Waals surface area contributed by atoms with Crippen LogP contribution in [0.4, 0.5) is 22.0 Å². The first kappa shape index (κ1) is 66.3. The van der Waals surface area contributed by atoms with Gasteiger partial charge in [-0.3, -0.25) is 34.1 Å². The fraction of sp³-hybridized carbons (Fsp3) is 0.308. The zero-order valence-electron chi connectivity index (χ0n) is 49.7. The number of anilines is 3. The molecule has 0 radical (unpaired) electrons. The van der Waals surface area contributed by atoms with Crippen molar-refractivity contribution < 1.29 is 44.0 Å². The molecular formula is C65H77N13O9S. The summed E-state index contributed by atoms with van der Waals surface area (Å²) >= 11 is 1.26. The number of pyridine rings is 4. The summed E-state index contributed by atoms with van der Waals surface area (Å²) in [7, 11) is 0. The lowest BCUT2D eigenvalue weighted by atomic mass is 10.0. The summed E-state index contributed by atoms with van der Waals surface area (Å²) in [6.45, 7) is 10.3. The van der Waals surface area contributed by atoms with E-state index in [0.717, 1.165) is 71.5 Å². The van der Waals surface area contributed by atoms with Crippen LogP contribution in [0.15, 0.2) is 152 Å². The molecule has 8 aromatic rings. The molecule has 1 saturated heterocycles. The van der Waals surface area contributed by atoms with Gasteiger partial charge < -0.3 is 68.7 Å². The lowest BCUT2D eigenvalue weighted by molar-refractivity contribution is 0.0489. The van der Waals surface area contributed by atoms with E-state index < -0.39 is 35.9 Å². The number of hydrogen-bond donors (Lipinski definition) is 11. The standard InChI is InChI=1S/C30H35N7O3S.C20H25N3O4.C15H17N3O2/c1-2-6-18-15-24(36-30-25(18)26(31)27(41-30)28(32)39)37-13-11-20(12-14-37)33-17-23(38)22-10-9-19(16-34-22)29(40)35-21-7-4-3-5-8-21;1-20(2,3)27-19(26)23-13-17(24)16-10-9-15(12-21-16)18(25)22-11-14-7-5-4-6-8-14;16-8-14(19)13-7-6-12(10-17-13)15(20)18-9-11-4-2-1-3-5-11/h3-5,7-10,15-16,20,23,33,38H,2,6,11-14,17,31H2,1H3,(H2,32,39)(H,35,40);4-10,12,17,24H,11,13H2,1-3H3,(H,22,25)(H,23,26);1-7,10,14,19H,8-9,16H2,(H,18,20). The zero-order chi connectivity index (χ0) is 63.2. The molecule has 0 saturated carbocycles. The number of para-hydroxylation sites is 1. The van der Waals surface area contributed by atoms with Crippen molar-refractivity contribution in [2.45, 2.75) is 96.4 Å². The Morgan fingerprint density at radius 2 is 1.16 bits per heavy atom. The summed E-state index contributed by atoms with van der Waals surface area (Å²) in [6.07, 6.45) is 4.69. The van der Waals surface area contributed by atoms with Gasteiger partial charge in [-0.25, -0.2) is 9.78 Å². The van der Waals surface area contributed by atoms with Crippen LogP contribution in [0.25, 0.3) is 10.2 Å². The van der Waals surface area contributed by atoms with Crippen LogP contribution in [0.1, 0.15) is 140 Å². The number of nitrogen functional groups attached to an aromatic ring is 1. The first-order chi connectivity index (χ1) is 42.3. The first-order valence-electron chi connectivity index (χ1n) is 28.9. The number of benzene rings is 3. The number of nitrogens with two attached hydrogens (primary N) is 3. The average Bonchev–Trinajstić information content (AvgIpc) is 1.75. The summed E-state index contributed by atoms with van der Waals surface area (Å²) in [6, 6.07) is 40.5. The van der Waals surface area contributed by atoms with Crippen LogP contribution in [0, 0.1) is 0 Å². The van der Waals surface area contributed by atoms with E-state index in [9.17, 15) is 39.3 Å². The van der Waals surface area contributed by atoms with Gasteiger partial charge in [0.2, 0.25) is 0 Å². The summed E-state index contributed by atoms with van der Waals surface area (Å²) in [5.74, 6) is -0.337.